The molecule has 2 aromatic carbocycles. The lowest BCUT2D eigenvalue weighted by molar-refractivity contribution is -0.354. The van der Waals surface area contributed by atoms with Gasteiger partial charge in [0.25, 0.3) is 0 Å². The Hall–Kier alpha value is -3.05. The minimum absolute atomic E-state index is 0.0149. The predicted molar refractivity (Wildman–Crippen MR) is 134 cm³/mol. The fourth-order valence-corrected chi connectivity index (χ4v) is 5.07. The summed E-state index contributed by atoms with van der Waals surface area (Å²) in [5.74, 6) is -0.947. The van der Waals surface area contributed by atoms with Crippen LogP contribution in [0.15, 0.2) is 36.4 Å². The van der Waals surface area contributed by atoms with E-state index in [1.54, 1.807) is 12.1 Å². The Kier molecular flexibility index (Phi) is 8.39. The molecule has 0 aliphatic carbocycles. The third-order valence-corrected chi connectivity index (χ3v) is 7.42. The van der Waals surface area contributed by atoms with Crippen molar-refractivity contribution < 1.29 is 69.3 Å². The van der Waals surface area contributed by atoms with Gasteiger partial charge in [-0.3, -0.25) is 4.79 Å². The molecule has 3 aliphatic rings. The van der Waals surface area contributed by atoms with Gasteiger partial charge in [0.2, 0.25) is 6.29 Å². The summed E-state index contributed by atoms with van der Waals surface area (Å²) in [4.78, 5) is 12.9. The summed E-state index contributed by atoms with van der Waals surface area (Å²) in [5, 5.41) is 81.6. The van der Waals surface area contributed by atoms with Gasteiger partial charge in [0.1, 0.15) is 71.3 Å². The maximum atomic E-state index is 12.9. The average molecular weight is 581 g/mol. The van der Waals surface area contributed by atoms with E-state index in [9.17, 15) is 45.6 Å². The lowest BCUT2D eigenvalue weighted by atomic mass is 9.95. The number of fused-ring (bicyclic) bond motifs is 1. The SMILES string of the molecule is C[C@@H]1O[C@@H](O[C@H]2[C@H](Oc3cc(O)c4c(c3)O[C@H](c3ccc(O)cc3)CC4=O)O[C@H](CO)[C@H](O)[C@@H]2O)[C@@H](O)[C@@H](O)[C@H]1O. The molecule has 11 atom stereocenters. The second-order valence-corrected chi connectivity index (χ2v) is 10.2. The number of carbonyl (C=O) groups excluding carboxylic acids is 1. The number of aliphatic hydroxyl groups is 6. The van der Waals surface area contributed by atoms with Crippen LogP contribution in [0.1, 0.15) is 35.4 Å². The number of carbonyl (C=O) groups is 1. The lowest BCUT2D eigenvalue weighted by Gasteiger charge is -2.45. The van der Waals surface area contributed by atoms with Gasteiger partial charge < -0.3 is 64.5 Å². The van der Waals surface area contributed by atoms with E-state index in [1.807, 2.05) is 0 Å². The van der Waals surface area contributed by atoms with Crippen LogP contribution in [0.2, 0.25) is 0 Å². The Morgan fingerprint density at radius 3 is 2.27 bits per heavy atom. The molecule has 0 spiro atoms. The van der Waals surface area contributed by atoms with Crippen LogP contribution >= 0.6 is 0 Å². The topological polar surface area (TPSA) is 225 Å². The van der Waals surface area contributed by atoms with Gasteiger partial charge in [-0.15, -0.1) is 0 Å². The van der Waals surface area contributed by atoms with Crippen molar-refractivity contribution in [1.29, 1.82) is 0 Å². The zero-order chi connectivity index (χ0) is 29.6. The second-order valence-electron chi connectivity index (χ2n) is 10.2. The summed E-state index contributed by atoms with van der Waals surface area (Å²) >= 11 is 0. The molecule has 0 aromatic heterocycles. The molecule has 2 saturated heterocycles. The number of hydrogen-bond donors (Lipinski definition) is 8. The van der Waals surface area contributed by atoms with E-state index < -0.39 is 85.7 Å². The Labute approximate surface area is 233 Å². The van der Waals surface area contributed by atoms with Crippen LogP contribution < -0.4 is 9.47 Å². The van der Waals surface area contributed by atoms with E-state index in [0.717, 1.165) is 6.07 Å². The number of hydrogen-bond acceptors (Lipinski definition) is 14. The van der Waals surface area contributed by atoms with Crippen molar-refractivity contribution in [2.45, 2.75) is 80.9 Å². The van der Waals surface area contributed by atoms with E-state index in [-0.39, 0.29) is 29.2 Å². The van der Waals surface area contributed by atoms with Crippen molar-refractivity contribution in [3.8, 4) is 23.0 Å². The highest BCUT2D eigenvalue weighted by Crippen LogP contribution is 2.43. The van der Waals surface area contributed by atoms with Crippen LogP contribution in [-0.4, -0.2) is 115 Å². The first kappa shape index (κ1) is 29.4. The van der Waals surface area contributed by atoms with E-state index in [2.05, 4.69) is 0 Å². The number of rotatable bonds is 6. The van der Waals surface area contributed by atoms with Crippen LogP contribution in [-0.2, 0) is 14.2 Å². The van der Waals surface area contributed by atoms with E-state index >= 15 is 0 Å². The third kappa shape index (κ3) is 5.70. The molecular weight excluding hydrogens is 548 g/mol. The summed E-state index contributed by atoms with van der Waals surface area (Å²) in [6.45, 7) is 0.716. The zero-order valence-corrected chi connectivity index (χ0v) is 21.8. The fraction of sp³-hybridized carbons (Fsp3) is 0.519. The molecule has 14 heteroatoms. The normalized spacial score (nSPS) is 37.2. The maximum Gasteiger partial charge on any atom is 0.229 e. The summed E-state index contributed by atoms with van der Waals surface area (Å²) in [6, 6.07) is 8.50. The Balaban J connectivity index is 1.41. The first-order valence-electron chi connectivity index (χ1n) is 13.0. The highest BCUT2D eigenvalue weighted by Gasteiger charge is 2.51. The highest BCUT2D eigenvalue weighted by molar-refractivity contribution is 6.02. The predicted octanol–water partition coefficient (Wildman–Crippen LogP) is -1.17. The molecule has 14 nitrogen and oxygen atoms in total. The minimum atomic E-state index is -1.75. The second kappa shape index (κ2) is 11.7. The fourth-order valence-electron chi connectivity index (χ4n) is 5.07. The van der Waals surface area contributed by atoms with E-state index in [0.29, 0.717) is 5.56 Å². The molecule has 2 fully saturated rings. The number of phenolic OH excluding ortho intramolecular Hbond substituents is 2. The first-order chi connectivity index (χ1) is 19.5. The molecule has 0 amide bonds. The quantitative estimate of drug-likeness (QED) is 0.202. The van der Waals surface area contributed by atoms with E-state index in [4.69, 9.17) is 23.7 Å². The Bertz CT molecular complexity index is 1240. The van der Waals surface area contributed by atoms with Gasteiger partial charge in [-0.25, -0.2) is 0 Å². The Morgan fingerprint density at radius 1 is 0.878 bits per heavy atom. The molecular formula is C27H32O14. The number of phenols is 2. The monoisotopic (exact) mass is 580 g/mol. The van der Waals surface area contributed by atoms with Crippen molar-refractivity contribution in [2.75, 3.05) is 6.61 Å². The number of ether oxygens (including phenoxy) is 5. The van der Waals surface area contributed by atoms with Crippen molar-refractivity contribution in [1.82, 2.24) is 0 Å². The molecule has 41 heavy (non-hydrogen) atoms. The van der Waals surface area contributed by atoms with Crippen LogP contribution in [0.25, 0.3) is 0 Å². The molecule has 0 saturated carbocycles. The van der Waals surface area contributed by atoms with Gasteiger partial charge in [0.15, 0.2) is 18.2 Å². The molecule has 3 aliphatic heterocycles. The molecule has 2 aromatic rings. The minimum Gasteiger partial charge on any atom is -0.508 e. The summed E-state index contributed by atoms with van der Waals surface area (Å²) < 4.78 is 28.6. The molecule has 0 radical (unpaired) electrons. The molecule has 224 valence electrons. The van der Waals surface area contributed by atoms with E-state index in [1.165, 1.54) is 25.1 Å². The van der Waals surface area contributed by atoms with Crippen molar-refractivity contribution in [3.63, 3.8) is 0 Å². The van der Waals surface area contributed by atoms with Gasteiger partial charge in [-0.05, 0) is 24.6 Å². The van der Waals surface area contributed by atoms with Gasteiger partial charge >= 0.3 is 0 Å². The van der Waals surface area contributed by atoms with Crippen molar-refractivity contribution >= 4 is 5.78 Å². The molecule has 0 bridgehead atoms. The van der Waals surface area contributed by atoms with Gasteiger partial charge in [-0.1, -0.05) is 12.1 Å². The van der Waals surface area contributed by atoms with Crippen LogP contribution in [0.4, 0.5) is 0 Å². The summed E-state index contributed by atoms with van der Waals surface area (Å²) in [7, 11) is 0. The van der Waals surface area contributed by atoms with Gasteiger partial charge in [0, 0.05) is 12.1 Å². The van der Waals surface area contributed by atoms with Crippen LogP contribution in [0, 0.1) is 0 Å². The summed E-state index contributed by atoms with van der Waals surface area (Å²) in [6.07, 6.45) is -16.0. The number of ketones is 1. The largest absolute Gasteiger partial charge is 0.508 e. The van der Waals surface area contributed by atoms with Gasteiger partial charge in [0.05, 0.1) is 19.1 Å². The number of Topliss-reactive ketones (excluding diaryl/α,β-unsaturated/α-hetero) is 1. The first-order valence-corrected chi connectivity index (χ1v) is 13.0. The highest BCUT2D eigenvalue weighted by atomic mass is 16.8. The maximum absolute atomic E-state index is 12.9. The lowest BCUT2D eigenvalue weighted by Crippen LogP contribution is -2.64. The molecule has 8 N–H and O–H groups in total. The average Bonchev–Trinajstić information content (AvgIpc) is 2.94. The molecule has 3 heterocycles. The Morgan fingerprint density at radius 2 is 1.59 bits per heavy atom. The van der Waals surface area contributed by atoms with Crippen LogP contribution in [0.5, 0.6) is 23.0 Å². The molecule has 0 unspecified atom stereocenters. The number of benzene rings is 2. The van der Waals surface area contributed by atoms with Crippen molar-refractivity contribution in [3.05, 3.63) is 47.5 Å². The van der Waals surface area contributed by atoms with Crippen LogP contribution in [0.3, 0.4) is 0 Å². The molecule has 5 rings (SSSR count). The smallest absolute Gasteiger partial charge is 0.229 e. The number of aliphatic hydroxyl groups excluding tert-OH is 6. The van der Waals surface area contributed by atoms with Crippen molar-refractivity contribution in [2.24, 2.45) is 0 Å². The third-order valence-electron chi connectivity index (χ3n) is 7.42. The number of aromatic hydroxyl groups is 2. The zero-order valence-electron chi connectivity index (χ0n) is 21.8. The standard InChI is InChI=1S/C27H32O14/c1-10-20(32)22(34)24(36)26(37-10)41-25-23(35)21(33)18(9-28)40-27(25)38-13-6-14(30)19-15(31)8-16(39-17(19)7-13)11-2-4-12(29)5-3-11/h2-7,10,16,18,20-30,32-36H,8-9H2,1H3/t10-,16-,18+,20-,21-,22-,23-,24-,25+,26-,27+/m0/s1. The van der Waals surface area contributed by atoms with Gasteiger partial charge in [-0.2, -0.15) is 0 Å². The summed E-state index contributed by atoms with van der Waals surface area (Å²) in [5.41, 5.74) is 0.529.